The van der Waals surface area contributed by atoms with Crippen molar-refractivity contribution in [3.8, 4) is 0 Å². The van der Waals surface area contributed by atoms with Crippen LogP contribution in [0.25, 0.3) is 11.2 Å². The third kappa shape index (κ3) is 2.11. The molecule has 6 heteroatoms. The standard InChI is InChI=1S/C16H16FN5/c1-10-5-6-11(8-12(10)17)20-15-14-16(19-9-18-15)22-7-3-2-4-13(22)21-14/h5-6,8-9H,2-4,7H2,1H3,(H,18,19,20). The fourth-order valence-corrected chi connectivity index (χ4v) is 2.86. The first-order valence-corrected chi connectivity index (χ1v) is 7.45. The summed E-state index contributed by atoms with van der Waals surface area (Å²) in [6, 6.07) is 5.05. The highest BCUT2D eigenvalue weighted by Gasteiger charge is 2.18. The molecule has 0 radical (unpaired) electrons. The van der Waals surface area contributed by atoms with Gasteiger partial charge in [0.1, 0.15) is 18.0 Å². The highest BCUT2D eigenvalue weighted by Crippen LogP contribution is 2.26. The summed E-state index contributed by atoms with van der Waals surface area (Å²) < 4.78 is 15.8. The van der Waals surface area contributed by atoms with E-state index in [0.29, 0.717) is 17.1 Å². The van der Waals surface area contributed by atoms with Crippen molar-refractivity contribution < 1.29 is 4.39 Å². The summed E-state index contributed by atoms with van der Waals surface area (Å²) in [6.07, 6.45) is 4.80. The van der Waals surface area contributed by atoms with Gasteiger partial charge in [0.25, 0.3) is 0 Å². The Morgan fingerprint density at radius 3 is 3.00 bits per heavy atom. The summed E-state index contributed by atoms with van der Waals surface area (Å²) in [4.78, 5) is 13.3. The number of nitrogens with zero attached hydrogens (tertiary/aromatic N) is 4. The van der Waals surface area contributed by atoms with Crippen LogP contribution in [0.5, 0.6) is 0 Å². The molecule has 3 aromatic rings. The molecule has 112 valence electrons. The third-order valence-electron chi connectivity index (χ3n) is 4.08. The van der Waals surface area contributed by atoms with Gasteiger partial charge in [-0.05, 0) is 37.5 Å². The predicted octanol–water partition coefficient (Wildman–Crippen LogP) is 3.35. The van der Waals surface area contributed by atoms with Gasteiger partial charge in [-0.2, -0.15) is 0 Å². The average molecular weight is 297 g/mol. The van der Waals surface area contributed by atoms with Gasteiger partial charge in [0.2, 0.25) is 0 Å². The van der Waals surface area contributed by atoms with Crippen LogP contribution in [0.4, 0.5) is 15.9 Å². The number of anilines is 2. The largest absolute Gasteiger partial charge is 0.338 e. The maximum absolute atomic E-state index is 13.7. The van der Waals surface area contributed by atoms with Crippen LogP contribution in [0.2, 0.25) is 0 Å². The van der Waals surface area contributed by atoms with Crippen LogP contribution in [-0.4, -0.2) is 19.5 Å². The van der Waals surface area contributed by atoms with Crippen LogP contribution in [0.15, 0.2) is 24.5 Å². The van der Waals surface area contributed by atoms with Gasteiger partial charge < -0.3 is 9.88 Å². The molecule has 0 saturated heterocycles. The zero-order valence-electron chi connectivity index (χ0n) is 12.3. The fraction of sp³-hybridized carbons (Fsp3) is 0.312. The summed E-state index contributed by atoms with van der Waals surface area (Å²) in [5, 5.41) is 3.16. The smallest absolute Gasteiger partial charge is 0.165 e. The zero-order valence-corrected chi connectivity index (χ0v) is 12.3. The number of imidazole rings is 1. The quantitative estimate of drug-likeness (QED) is 0.788. The zero-order chi connectivity index (χ0) is 15.1. The lowest BCUT2D eigenvalue weighted by atomic mass is 10.2. The second-order valence-electron chi connectivity index (χ2n) is 5.62. The predicted molar refractivity (Wildman–Crippen MR) is 82.7 cm³/mol. The van der Waals surface area contributed by atoms with Crippen molar-refractivity contribution in [2.75, 3.05) is 5.32 Å². The van der Waals surface area contributed by atoms with Crippen molar-refractivity contribution in [1.29, 1.82) is 0 Å². The maximum Gasteiger partial charge on any atom is 0.165 e. The first-order valence-electron chi connectivity index (χ1n) is 7.45. The van der Waals surface area contributed by atoms with E-state index >= 15 is 0 Å². The van der Waals surface area contributed by atoms with Crippen LogP contribution in [-0.2, 0) is 13.0 Å². The van der Waals surface area contributed by atoms with Crippen LogP contribution in [0, 0.1) is 12.7 Å². The molecule has 2 aromatic heterocycles. The topological polar surface area (TPSA) is 55.6 Å². The van der Waals surface area contributed by atoms with Gasteiger partial charge in [-0.1, -0.05) is 6.07 Å². The van der Waals surface area contributed by atoms with Gasteiger partial charge in [-0.3, -0.25) is 0 Å². The second-order valence-corrected chi connectivity index (χ2v) is 5.62. The molecular formula is C16H16FN5. The SMILES string of the molecule is Cc1ccc(Nc2ncnc3c2nc2n3CCCC2)cc1F. The highest BCUT2D eigenvalue weighted by molar-refractivity contribution is 5.85. The molecule has 1 N–H and O–H groups in total. The Hall–Kier alpha value is -2.50. The maximum atomic E-state index is 13.7. The van der Waals surface area contributed by atoms with E-state index < -0.39 is 0 Å². The van der Waals surface area contributed by atoms with Crippen LogP contribution >= 0.6 is 0 Å². The normalized spacial score (nSPS) is 14.1. The van der Waals surface area contributed by atoms with Gasteiger partial charge in [-0.15, -0.1) is 0 Å². The summed E-state index contributed by atoms with van der Waals surface area (Å²) in [5.74, 6) is 1.44. The number of nitrogens with one attached hydrogen (secondary N) is 1. The van der Waals surface area contributed by atoms with Crippen molar-refractivity contribution in [2.45, 2.75) is 32.7 Å². The average Bonchev–Trinajstić information content (AvgIpc) is 2.91. The highest BCUT2D eigenvalue weighted by atomic mass is 19.1. The van der Waals surface area contributed by atoms with E-state index in [-0.39, 0.29) is 5.82 Å². The van der Waals surface area contributed by atoms with Crippen molar-refractivity contribution in [3.63, 3.8) is 0 Å². The Bertz CT molecular complexity index is 855. The lowest BCUT2D eigenvalue weighted by Gasteiger charge is -2.13. The lowest BCUT2D eigenvalue weighted by Crippen LogP contribution is -2.10. The Balaban J connectivity index is 1.78. The minimum absolute atomic E-state index is 0.237. The van der Waals surface area contributed by atoms with Gasteiger partial charge in [0, 0.05) is 18.7 Å². The van der Waals surface area contributed by atoms with Gasteiger partial charge in [-0.25, -0.2) is 19.3 Å². The van der Waals surface area contributed by atoms with E-state index in [4.69, 9.17) is 0 Å². The monoisotopic (exact) mass is 297 g/mol. The van der Waals surface area contributed by atoms with E-state index in [1.165, 1.54) is 12.4 Å². The number of rotatable bonds is 2. The Kier molecular flexibility index (Phi) is 3.03. The molecular weight excluding hydrogens is 281 g/mol. The molecule has 0 bridgehead atoms. The third-order valence-corrected chi connectivity index (χ3v) is 4.08. The molecule has 1 aliphatic rings. The summed E-state index contributed by atoms with van der Waals surface area (Å²) >= 11 is 0. The van der Waals surface area contributed by atoms with E-state index in [1.807, 2.05) is 6.07 Å². The molecule has 3 heterocycles. The number of halogens is 1. The minimum Gasteiger partial charge on any atom is -0.338 e. The Morgan fingerprint density at radius 2 is 2.14 bits per heavy atom. The summed E-state index contributed by atoms with van der Waals surface area (Å²) in [6.45, 7) is 2.69. The van der Waals surface area contributed by atoms with E-state index in [2.05, 4.69) is 24.8 Å². The molecule has 4 rings (SSSR count). The number of aryl methyl sites for hydroxylation is 3. The fourth-order valence-electron chi connectivity index (χ4n) is 2.86. The van der Waals surface area contributed by atoms with E-state index in [0.717, 1.165) is 42.8 Å². The molecule has 0 saturated carbocycles. The van der Waals surface area contributed by atoms with Crippen LogP contribution in [0.3, 0.4) is 0 Å². The first-order chi connectivity index (χ1) is 10.7. The number of fused-ring (bicyclic) bond motifs is 3. The lowest BCUT2D eigenvalue weighted by molar-refractivity contribution is 0.530. The van der Waals surface area contributed by atoms with Gasteiger partial charge in [0.15, 0.2) is 17.0 Å². The molecule has 0 aliphatic carbocycles. The molecule has 1 aliphatic heterocycles. The van der Waals surface area contributed by atoms with Crippen molar-refractivity contribution in [1.82, 2.24) is 19.5 Å². The van der Waals surface area contributed by atoms with Crippen LogP contribution < -0.4 is 5.32 Å². The molecule has 0 fully saturated rings. The summed E-state index contributed by atoms with van der Waals surface area (Å²) in [5.41, 5.74) is 2.88. The molecule has 0 unspecified atom stereocenters. The van der Waals surface area contributed by atoms with Gasteiger partial charge in [0.05, 0.1) is 0 Å². The molecule has 22 heavy (non-hydrogen) atoms. The second kappa shape index (κ2) is 5.05. The Labute approximate surface area is 127 Å². The van der Waals surface area contributed by atoms with Crippen molar-refractivity contribution >= 4 is 22.7 Å². The molecule has 0 amide bonds. The number of aromatic nitrogens is 4. The van der Waals surface area contributed by atoms with Crippen LogP contribution in [0.1, 0.15) is 24.2 Å². The summed E-state index contributed by atoms with van der Waals surface area (Å²) in [7, 11) is 0. The molecule has 0 atom stereocenters. The molecule has 1 aromatic carbocycles. The molecule has 5 nitrogen and oxygen atoms in total. The van der Waals surface area contributed by atoms with Gasteiger partial charge >= 0.3 is 0 Å². The minimum atomic E-state index is -0.237. The first kappa shape index (κ1) is 13.2. The van der Waals surface area contributed by atoms with Crippen molar-refractivity contribution in [3.05, 3.63) is 41.7 Å². The number of hydrogen-bond donors (Lipinski definition) is 1. The molecule has 0 spiro atoms. The Morgan fingerprint density at radius 1 is 1.23 bits per heavy atom. The van der Waals surface area contributed by atoms with E-state index in [1.54, 1.807) is 13.0 Å². The number of hydrogen-bond acceptors (Lipinski definition) is 4. The van der Waals surface area contributed by atoms with E-state index in [9.17, 15) is 4.39 Å². The number of benzene rings is 1. The van der Waals surface area contributed by atoms with Crippen molar-refractivity contribution in [2.24, 2.45) is 0 Å².